The fraction of sp³-hybridized carbons (Fsp3) is 0.684. The Morgan fingerprint density at radius 2 is 2.00 bits per heavy atom. The predicted molar refractivity (Wildman–Crippen MR) is 105 cm³/mol. The summed E-state index contributed by atoms with van der Waals surface area (Å²) in [6.45, 7) is 7.15. The summed E-state index contributed by atoms with van der Waals surface area (Å²) in [5.41, 5.74) is 1.23. The van der Waals surface area contributed by atoms with E-state index in [1.54, 1.807) is 25.6 Å². The van der Waals surface area contributed by atoms with Gasteiger partial charge in [0.25, 0.3) is 5.56 Å². The molecule has 0 bridgehead atoms. The van der Waals surface area contributed by atoms with Crippen molar-refractivity contribution in [3.05, 3.63) is 26.6 Å². The quantitative estimate of drug-likeness (QED) is 0.764. The van der Waals surface area contributed by atoms with Gasteiger partial charge in [0.15, 0.2) is 0 Å². The molecule has 0 saturated carbocycles. The normalized spacial score (nSPS) is 18.4. The van der Waals surface area contributed by atoms with Crippen LogP contribution in [0.2, 0.25) is 0 Å². The van der Waals surface area contributed by atoms with Crippen LogP contribution in [0.5, 0.6) is 0 Å². The van der Waals surface area contributed by atoms with Crippen LogP contribution in [-0.2, 0) is 22.3 Å². The van der Waals surface area contributed by atoms with Crippen LogP contribution < -0.4 is 5.56 Å². The van der Waals surface area contributed by atoms with Gasteiger partial charge >= 0.3 is 0 Å². The number of thiophene rings is 1. The third kappa shape index (κ3) is 4.01. The number of aromatic amines is 1. The van der Waals surface area contributed by atoms with Crippen LogP contribution in [0, 0.1) is 5.92 Å². The number of H-pyrrole nitrogens is 1. The van der Waals surface area contributed by atoms with Crippen LogP contribution in [-0.4, -0.2) is 55.4 Å². The van der Waals surface area contributed by atoms with Crippen molar-refractivity contribution >= 4 is 21.6 Å². The SMILES string of the molecule is COCCN(CCOC)C(C)c1nc2sc3c(c2c(=O)[nH]1)CCC(C)C3. The van der Waals surface area contributed by atoms with Crippen molar-refractivity contribution in [2.24, 2.45) is 5.92 Å². The minimum atomic E-state index is -0.00421. The van der Waals surface area contributed by atoms with Crippen molar-refractivity contribution < 1.29 is 9.47 Å². The van der Waals surface area contributed by atoms with E-state index in [1.807, 2.05) is 0 Å². The third-order valence-electron chi connectivity index (χ3n) is 5.29. The Kier molecular flexibility index (Phi) is 6.45. The maximum Gasteiger partial charge on any atom is 0.259 e. The van der Waals surface area contributed by atoms with Crippen molar-refractivity contribution in [1.29, 1.82) is 0 Å². The van der Waals surface area contributed by atoms with Crippen LogP contribution in [0.25, 0.3) is 10.2 Å². The number of nitrogens with one attached hydrogen (secondary N) is 1. The molecule has 2 heterocycles. The average molecular weight is 380 g/mol. The lowest BCUT2D eigenvalue weighted by Crippen LogP contribution is -2.35. The zero-order chi connectivity index (χ0) is 18.7. The highest BCUT2D eigenvalue weighted by molar-refractivity contribution is 7.18. The van der Waals surface area contributed by atoms with Crippen molar-refractivity contribution in [1.82, 2.24) is 14.9 Å². The molecule has 6 nitrogen and oxygen atoms in total. The number of nitrogens with zero attached hydrogens (tertiary/aromatic N) is 2. The van der Waals surface area contributed by atoms with E-state index in [9.17, 15) is 4.79 Å². The van der Waals surface area contributed by atoms with E-state index in [4.69, 9.17) is 14.5 Å². The molecule has 0 saturated heterocycles. The molecule has 1 aliphatic carbocycles. The summed E-state index contributed by atoms with van der Waals surface area (Å²) in [6.07, 6.45) is 3.21. The first-order chi connectivity index (χ1) is 12.5. The Labute approximate surface area is 158 Å². The molecular weight excluding hydrogens is 350 g/mol. The number of hydrogen-bond acceptors (Lipinski definition) is 6. The molecule has 2 aromatic heterocycles. The van der Waals surface area contributed by atoms with Crippen LogP contribution in [0.4, 0.5) is 0 Å². The summed E-state index contributed by atoms with van der Waals surface area (Å²) in [5, 5.41) is 0.813. The van der Waals surface area contributed by atoms with E-state index in [1.165, 1.54) is 10.4 Å². The van der Waals surface area contributed by atoms with E-state index in [-0.39, 0.29) is 11.6 Å². The summed E-state index contributed by atoms with van der Waals surface area (Å²) in [6, 6.07) is -0.00421. The Morgan fingerprint density at radius 1 is 1.31 bits per heavy atom. The molecular formula is C19H29N3O3S. The van der Waals surface area contributed by atoms with Gasteiger partial charge < -0.3 is 14.5 Å². The third-order valence-corrected chi connectivity index (χ3v) is 6.44. The lowest BCUT2D eigenvalue weighted by Gasteiger charge is -2.27. The molecule has 2 atom stereocenters. The molecule has 0 amide bonds. The Balaban J connectivity index is 1.93. The molecule has 0 aromatic carbocycles. The van der Waals surface area contributed by atoms with Gasteiger partial charge in [0.1, 0.15) is 10.7 Å². The number of hydrogen-bond donors (Lipinski definition) is 1. The summed E-state index contributed by atoms with van der Waals surface area (Å²) in [5.74, 6) is 1.41. The number of fused-ring (bicyclic) bond motifs is 3. The first kappa shape index (κ1) is 19.5. The van der Waals surface area contributed by atoms with Gasteiger partial charge in [-0.15, -0.1) is 11.3 Å². The van der Waals surface area contributed by atoms with Crippen molar-refractivity contribution in [3.8, 4) is 0 Å². The standard InChI is InChI=1S/C19H29N3O3S/c1-12-5-6-14-15(11-12)26-19-16(14)18(23)20-17(21-19)13(2)22(7-9-24-3)8-10-25-4/h12-13H,5-11H2,1-4H3,(H,20,21,23). The molecule has 2 aromatic rings. The minimum absolute atomic E-state index is 0.00216. The van der Waals surface area contributed by atoms with Gasteiger partial charge in [-0.25, -0.2) is 4.98 Å². The van der Waals surface area contributed by atoms with Gasteiger partial charge in [-0.05, 0) is 37.7 Å². The van der Waals surface area contributed by atoms with Crippen LogP contribution in [0.1, 0.15) is 42.6 Å². The van der Waals surface area contributed by atoms with Gasteiger partial charge in [0, 0.05) is 32.2 Å². The topological polar surface area (TPSA) is 67.5 Å². The molecule has 0 radical (unpaired) electrons. The average Bonchev–Trinajstić information content (AvgIpc) is 2.99. The van der Waals surface area contributed by atoms with Crippen molar-refractivity contribution in [2.75, 3.05) is 40.5 Å². The second-order valence-corrected chi connectivity index (χ2v) is 8.26. The van der Waals surface area contributed by atoms with Crippen LogP contribution >= 0.6 is 11.3 Å². The smallest absolute Gasteiger partial charge is 0.259 e. The van der Waals surface area contributed by atoms with Gasteiger partial charge in [0.2, 0.25) is 0 Å². The summed E-state index contributed by atoms with van der Waals surface area (Å²) >= 11 is 1.70. The molecule has 144 valence electrons. The van der Waals surface area contributed by atoms with Crippen molar-refractivity contribution in [3.63, 3.8) is 0 Å². The monoisotopic (exact) mass is 379 g/mol. The highest BCUT2D eigenvalue weighted by atomic mass is 32.1. The summed E-state index contributed by atoms with van der Waals surface area (Å²) < 4.78 is 10.4. The molecule has 2 unspecified atom stereocenters. The van der Waals surface area contributed by atoms with E-state index < -0.39 is 0 Å². The maximum atomic E-state index is 12.8. The zero-order valence-corrected chi connectivity index (χ0v) is 16.9. The first-order valence-corrected chi connectivity index (χ1v) is 10.1. The number of aromatic nitrogens is 2. The number of rotatable bonds is 8. The number of aryl methyl sites for hydroxylation is 1. The molecule has 0 fully saturated rings. The van der Waals surface area contributed by atoms with Crippen LogP contribution in [0.3, 0.4) is 0 Å². The molecule has 1 aliphatic rings. The van der Waals surface area contributed by atoms with Crippen molar-refractivity contribution in [2.45, 2.75) is 39.2 Å². The summed E-state index contributed by atoms with van der Waals surface area (Å²) in [7, 11) is 3.39. The number of methoxy groups -OCH3 is 2. The van der Waals surface area contributed by atoms with Gasteiger partial charge in [-0.3, -0.25) is 9.69 Å². The maximum absolute atomic E-state index is 12.8. The molecule has 0 aliphatic heterocycles. The fourth-order valence-electron chi connectivity index (χ4n) is 3.65. The highest BCUT2D eigenvalue weighted by Crippen LogP contribution is 2.36. The predicted octanol–water partition coefficient (Wildman–Crippen LogP) is 2.77. The van der Waals surface area contributed by atoms with E-state index in [0.29, 0.717) is 19.1 Å². The van der Waals surface area contributed by atoms with E-state index in [0.717, 1.165) is 48.4 Å². The lowest BCUT2D eigenvalue weighted by atomic mass is 9.89. The second-order valence-electron chi connectivity index (χ2n) is 7.18. The zero-order valence-electron chi connectivity index (χ0n) is 16.1. The van der Waals surface area contributed by atoms with Gasteiger partial charge in [-0.2, -0.15) is 0 Å². The Morgan fingerprint density at radius 3 is 2.65 bits per heavy atom. The van der Waals surface area contributed by atoms with E-state index in [2.05, 4.69) is 23.7 Å². The Hall–Kier alpha value is -1.28. The van der Waals surface area contributed by atoms with E-state index >= 15 is 0 Å². The molecule has 0 spiro atoms. The first-order valence-electron chi connectivity index (χ1n) is 9.31. The molecule has 3 rings (SSSR count). The van der Waals surface area contributed by atoms with Gasteiger partial charge in [-0.1, -0.05) is 6.92 Å². The number of ether oxygens (including phenoxy) is 2. The molecule has 26 heavy (non-hydrogen) atoms. The Bertz CT molecular complexity index is 793. The molecule has 7 heteroatoms. The lowest BCUT2D eigenvalue weighted by molar-refractivity contribution is 0.0896. The highest BCUT2D eigenvalue weighted by Gasteiger charge is 2.25. The molecule has 1 N–H and O–H groups in total. The summed E-state index contributed by atoms with van der Waals surface area (Å²) in [4.78, 5) is 25.2. The minimum Gasteiger partial charge on any atom is -0.383 e. The fourth-order valence-corrected chi connectivity index (χ4v) is 5.04. The second kappa shape index (κ2) is 8.61. The van der Waals surface area contributed by atoms with Crippen LogP contribution in [0.15, 0.2) is 4.79 Å². The van der Waals surface area contributed by atoms with Gasteiger partial charge in [0.05, 0.1) is 24.6 Å². The largest absolute Gasteiger partial charge is 0.383 e.